The Kier molecular flexibility index (Phi) is 4.84. The number of benzene rings is 1. The van der Waals surface area contributed by atoms with Crippen LogP contribution >= 0.6 is 0 Å². The quantitative estimate of drug-likeness (QED) is 0.331. The van der Waals surface area contributed by atoms with Gasteiger partial charge in [-0.1, -0.05) is 0 Å². The van der Waals surface area contributed by atoms with Crippen molar-refractivity contribution in [1.82, 2.24) is 5.32 Å². The number of rotatable bonds is 6. The number of aliphatic hydroxyl groups is 1. The predicted octanol–water partition coefficient (Wildman–Crippen LogP) is -0.988. The molecule has 0 spiro atoms. The Balaban J connectivity index is 2.90. The summed E-state index contributed by atoms with van der Waals surface area (Å²) in [6.45, 7) is -0.727. The molecule has 2 amide bonds. The van der Waals surface area contributed by atoms with Crippen molar-refractivity contribution in [2.75, 3.05) is 17.7 Å². The predicted molar refractivity (Wildman–Crippen MR) is 66.5 cm³/mol. The zero-order chi connectivity index (χ0) is 14.4. The summed E-state index contributed by atoms with van der Waals surface area (Å²) in [6.07, 6.45) is 0.404. The summed E-state index contributed by atoms with van der Waals surface area (Å²) in [4.78, 5) is 32.8. The third kappa shape index (κ3) is 3.68. The van der Waals surface area contributed by atoms with Crippen molar-refractivity contribution in [2.45, 2.75) is 6.04 Å². The molecule has 0 fully saturated rings. The molecule has 19 heavy (non-hydrogen) atoms. The number of carbonyl (C=O) groups is 3. The van der Waals surface area contributed by atoms with Crippen LogP contribution in [0.2, 0.25) is 0 Å². The van der Waals surface area contributed by atoms with E-state index in [4.69, 9.17) is 15.9 Å². The van der Waals surface area contributed by atoms with Gasteiger partial charge in [0.15, 0.2) is 6.04 Å². The van der Waals surface area contributed by atoms with Gasteiger partial charge in [0.2, 0.25) is 6.41 Å². The van der Waals surface area contributed by atoms with Crippen LogP contribution in [0.5, 0.6) is 0 Å². The van der Waals surface area contributed by atoms with Gasteiger partial charge in [0, 0.05) is 5.56 Å². The number of carboxylic acid groups (broad SMARTS) is 1. The SMILES string of the molecule is Nc1ccc(C(=O)NC(CO)C(=O)O)cc1NC=O. The number of aliphatic carboxylic acids is 1. The van der Waals surface area contributed by atoms with Crippen molar-refractivity contribution in [3.63, 3.8) is 0 Å². The van der Waals surface area contributed by atoms with Crippen LogP contribution < -0.4 is 16.4 Å². The summed E-state index contributed by atoms with van der Waals surface area (Å²) in [5.74, 6) is -2.05. The Bertz CT molecular complexity index is 503. The lowest BCUT2D eigenvalue weighted by Gasteiger charge is -2.12. The molecule has 0 aliphatic carbocycles. The molecule has 0 bridgehead atoms. The average Bonchev–Trinajstić information content (AvgIpc) is 2.38. The molecule has 0 saturated heterocycles. The van der Waals surface area contributed by atoms with Gasteiger partial charge in [0.1, 0.15) is 0 Å². The van der Waals surface area contributed by atoms with Gasteiger partial charge in [-0.15, -0.1) is 0 Å². The van der Waals surface area contributed by atoms with Crippen LogP contribution in [0.15, 0.2) is 18.2 Å². The summed E-state index contributed by atoms with van der Waals surface area (Å²) in [6, 6.07) is 2.68. The summed E-state index contributed by atoms with van der Waals surface area (Å²) in [5, 5.41) is 21.9. The van der Waals surface area contributed by atoms with Crippen molar-refractivity contribution in [3.8, 4) is 0 Å². The number of nitrogens with two attached hydrogens (primary N) is 1. The maximum Gasteiger partial charge on any atom is 0.328 e. The highest BCUT2D eigenvalue weighted by molar-refractivity contribution is 5.98. The van der Waals surface area contributed by atoms with Gasteiger partial charge in [-0.05, 0) is 18.2 Å². The topological polar surface area (TPSA) is 142 Å². The Labute approximate surface area is 108 Å². The number of hydrogen-bond donors (Lipinski definition) is 5. The number of carboxylic acids is 1. The highest BCUT2D eigenvalue weighted by atomic mass is 16.4. The molecule has 8 heteroatoms. The van der Waals surface area contributed by atoms with Crippen LogP contribution in [0.1, 0.15) is 10.4 Å². The molecule has 6 N–H and O–H groups in total. The fourth-order valence-electron chi connectivity index (χ4n) is 1.31. The lowest BCUT2D eigenvalue weighted by Crippen LogP contribution is -2.43. The summed E-state index contributed by atoms with van der Waals surface area (Å²) < 4.78 is 0. The Morgan fingerprint density at radius 1 is 1.42 bits per heavy atom. The molecule has 0 aromatic heterocycles. The first kappa shape index (κ1) is 14.5. The number of carbonyl (C=O) groups excluding carboxylic acids is 2. The zero-order valence-corrected chi connectivity index (χ0v) is 9.79. The Morgan fingerprint density at radius 3 is 2.63 bits per heavy atom. The third-order valence-electron chi connectivity index (χ3n) is 2.32. The Hall–Kier alpha value is -2.61. The van der Waals surface area contributed by atoms with Gasteiger partial charge in [-0.2, -0.15) is 0 Å². The van der Waals surface area contributed by atoms with E-state index in [1.807, 2.05) is 0 Å². The molecule has 0 radical (unpaired) electrons. The van der Waals surface area contributed by atoms with Gasteiger partial charge in [0.25, 0.3) is 5.91 Å². The monoisotopic (exact) mass is 267 g/mol. The van der Waals surface area contributed by atoms with Crippen molar-refractivity contribution >= 4 is 29.7 Å². The molecule has 0 aliphatic rings. The van der Waals surface area contributed by atoms with E-state index in [0.717, 1.165) is 0 Å². The molecule has 1 rings (SSSR count). The van der Waals surface area contributed by atoms with E-state index >= 15 is 0 Å². The van der Waals surface area contributed by atoms with Gasteiger partial charge >= 0.3 is 5.97 Å². The molecule has 1 atom stereocenters. The minimum Gasteiger partial charge on any atom is -0.480 e. The normalized spacial score (nSPS) is 11.4. The number of nitrogen functional groups attached to an aromatic ring is 1. The second-order valence-corrected chi connectivity index (χ2v) is 3.61. The molecular weight excluding hydrogens is 254 g/mol. The van der Waals surface area contributed by atoms with Crippen LogP contribution in [0.25, 0.3) is 0 Å². The van der Waals surface area contributed by atoms with Crippen LogP contribution in [0.3, 0.4) is 0 Å². The van der Waals surface area contributed by atoms with E-state index in [1.165, 1.54) is 18.2 Å². The molecular formula is C11H13N3O5. The summed E-state index contributed by atoms with van der Waals surface area (Å²) >= 11 is 0. The van der Waals surface area contributed by atoms with Crippen LogP contribution in [-0.4, -0.2) is 41.1 Å². The fraction of sp³-hybridized carbons (Fsp3) is 0.182. The zero-order valence-electron chi connectivity index (χ0n) is 9.79. The maximum atomic E-state index is 11.7. The molecule has 8 nitrogen and oxygen atoms in total. The summed E-state index contributed by atoms with van der Waals surface area (Å²) in [7, 11) is 0. The fourth-order valence-corrected chi connectivity index (χ4v) is 1.31. The van der Waals surface area contributed by atoms with Gasteiger partial charge in [0.05, 0.1) is 18.0 Å². The largest absolute Gasteiger partial charge is 0.480 e. The van der Waals surface area contributed by atoms with E-state index in [9.17, 15) is 14.4 Å². The van der Waals surface area contributed by atoms with Crippen molar-refractivity contribution in [3.05, 3.63) is 23.8 Å². The van der Waals surface area contributed by atoms with E-state index in [0.29, 0.717) is 6.41 Å². The number of aliphatic hydroxyl groups excluding tert-OH is 1. The average molecular weight is 267 g/mol. The summed E-state index contributed by atoms with van der Waals surface area (Å²) in [5.41, 5.74) is 6.17. The minimum atomic E-state index is -1.40. The second-order valence-electron chi connectivity index (χ2n) is 3.61. The number of hydrogen-bond acceptors (Lipinski definition) is 5. The number of anilines is 2. The first-order valence-electron chi connectivity index (χ1n) is 5.23. The van der Waals surface area contributed by atoms with Crippen LogP contribution in [-0.2, 0) is 9.59 Å². The van der Waals surface area contributed by atoms with E-state index in [-0.39, 0.29) is 16.9 Å². The van der Waals surface area contributed by atoms with E-state index < -0.39 is 24.5 Å². The number of amides is 2. The van der Waals surface area contributed by atoms with Crippen molar-refractivity contribution in [1.29, 1.82) is 0 Å². The van der Waals surface area contributed by atoms with Crippen molar-refractivity contribution < 1.29 is 24.6 Å². The third-order valence-corrected chi connectivity index (χ3v) is 2.32. The van der Waals surface area contributed by atoms with E-state index in [2.05, 4.69) is 10.6 Å². The molecule has 1 aromatic rings. The van der Waals surface area contributed by atoms with Crippen LogP contribution in [0.4, 0.5) is 11.4 Å². The number of nitrogens with one attached hydrogen (secondary N) is 2. The van der Waals surface area contributed by atoms with Crippen LogP contribution in [0, 0.1) is 0 Å². The molecule has 1 aromatic carbocycles. The van der Waals surface area contributed by atoms with Crippen molar-refractivity contribution in [2.24, 2.45) is 0 Å². The smallest absolute Gasteiger partial charge is 0.328 e. The Morgan fingerprint density at radius 2 is 2.11 bits per heavy atom. The lowest BCUT2D eigenvalue weighted by molar-refractivity contribution is -0.140. The first-order valence-corrected chi connectivity index (χ1v) is 5.23. The van der Waals surface area contributed by atoms with Gasteiger partial charge in [-0.3, -0.25) is 9.59 Å². The highest BCUT2D eigenvalue weighted by Gasteiger charge is 2.19. The molecule has 0 saturated carbocycles. The minimum absolute atomic E-state index is 0.109. The molecule has 0 aliphatic heterocycles. The standard InChI is InChI=1S/C11H13N3O5/c12-7-2-1-6(3-8(7)13-5-16)10(17)14-9(4-15)11(18)19/h1-3,5,9,15H,4,12H2,(H,13,16)(H,14,17)(H,18,19). The molecule has 1 unspecified atom stereocenters. The van der Waals surface area contributed by atoms with Gasteiger partial charge < -0.3 is 26.6 Å². The first-order chi connectivity index (χ1) is 8.99. The molecule has 0 heterocycles. The second kappa shape index (κ2) is 6.36. The highest BCUT2D eigenvalue weighted by Crippen LogP contribution is 2.19. The van der Waals surface area contributed by atoms with Gasteiger partial charge in [-0.25, -0.2) is 4.79 Å². The lowest BCUT2D eigenvalue weighted by atomic mass is 10.1. The maximum absolute atomic E-state index is 11.7. The molecule has 102 valence electrons. The van der Waals surface area contributed by atoms with E-state index in [1.54, 1.807) is 0 Å².